The predicted octanol–water partition coefficient (Wildman–Crippen LogP) is 3.62. The molecule has 3 aromatic rings. The topological polar surface area (TPSA) is 51.0 Å². The molecule has 0 saturated carbocycles. The molecule has 1 atom stereocenters. The Hall–Kier alpha value is -2.90. The number of alkyl halides is 3. The number of pyridine rings is 1. The normalized spacial score (nSPS) is 17.6. The first-order chi connectivity index (χ1) is 12.8. The molecular weight excluding hydrogens is 357 g/mol. The lowest BCUT2D eigenvalue weighted by atomic mass is 10.1. The number of carbonyl (C=O) groups is 1. The quantitative estimate of drug-likeness (QED) is 0.689. The molecule has 4 rings (SSSR count). The molecule has 1 aromatic carbocycles. The molecule has 3 heterocycles. The lowest BCUT2D eigenvalue weighted by Crippen LogP contribution is -2.29. The van der Waals surface area contributed by atoms with Crippen molar-refractivity contribution in [2.24, 2.45) is 7.05 Å². The number of imidazole rings is 1. The first-order valence-corrected chi connectivity index (χ1v) is 8.57. The van der Waals surface area contributed by atoms with Gasteiger partial charge in [-0.05, 0) is 30.7 Å². The van der Waals surface area contributed by atoms with Crippen molar-refractivity contribution in [1.29, 1.82) is 0 Å². The van der Waals surface area contributed by atoms with E-state index < -0.39 is 11.7 Å². The molecule has 0 spiro atoms. The summed E-state index contributed by atoms with van der Waals surface area (Å²) in [6, 6.07) is 6.40. The van der Waals surface area contributed by atoms with Gasteiger partial charge in [0.15, 0.2) is 0 Å². The SMILES string of the molecule is Cn1c([C@@H]2CCN(C(=O)c3cccc(C(F)(F)F)c3)C2)nc2ccncc21. The summed E-state index contributed by atoms with van der Waals surface area (Å²) in [5, 5.41) is 0. The van der Waals surface area contributed by atoms with Gasteiger partial charge in [-0.1, -0.05) is 6.07 Å². The Kier molecular flexibility index (Phi) is 4.13. The standard InChI is InChI=1S/C19H17F3N4O/c1-25-16-10-23-7-5-15(16)24-17(25)13-6-8-26(11-13)18(27)12-3-2-4-14(9-12)19(20,21)22/h2-5,7,9-10,13H,6,8,11H2,1H3/t13-/m1/s1. The molecular formula is C19H17F3N4O. The Morgan fingerprint density at radius 3 is 2.81 bits per heavy atom. The second kappa shape index (κ2) is 6.37. The highest BCUT2D eigenvalue weighted by Crippen LogP contribution is 2.32. The summed E-state index contributed by atoms with van der Waals surface area (Å²) >= 11 is 0. The zero-order valence-electron chi connectivity index (χ0n) is 14.6. The largest absolute Gasteiger partial charge is 0.416 e. The van der Waals surface area contributed by atoms with Crippen molar-refractivity contribution in [3.05, 3.63) is 59.7 Å². The first-order valence-electron chi connectivity index (χ1n) is 8.57. The molecule has 27 heavy (non-hydrogen) atoms. The van der Waals surface area contributed by atoms with Gasteiger partial charge in [-0.3, -0.25) is 9.78 Å². The molecule has 8 heteroatoms. The van der Waals surface area contributed by atoms with Gasteiger partial charge < -0.3 is 9.47 Å². The number of halogens is 3. The van der Waals surface area contributed by atoms with E-state index in [2.05, 4.69) is 9.97 Å². The van der Waals surface area contributed by atoms with Crippen molar-refractivity contribution in [1.82, 2.24) is 19.4 Å². The number of rotatable bonds is 2. The van der Waals surface area contributed by atoms with Gasteiger partial charge in [-0.2, -0.15) is 13.2 Å². The monoisotopic (exact) mass is 374 g/mol. The fourth-order valence-electron chi connectivity index (χ4n) is 3.59. The van der Waals surface area contributed by atoms with Gasteiger partial charge in [0.05, 0.1) is 22.8 Å². The molecule has 1 saturated heterocycles. The molecule has 2 aromatic heterocycles. The fraction of sp³-hybridized carbons (Fsp3) is 0.316. The van der Waals surface area contributed by atoms with Crippen molar-refractivity contribution in [3.8, 4) is 0 Å². The molecule has 0 bridgehead atoms. The Morgan fingerprint density at radius 1 is 1.26 bits per heavy atom. The van der Waals surface area contributed by atoms with Crippen LogP contribution in [0.15, 0.2) is 42.7 Å². The number of fused-ring (bicyclic) bond motifs is 1. The van der Waals surface area contributed by atoms with Gasteiger partial charge >= 0.3 is 6.18 Å². The van der Waals surface area contributed by atoms with Crippen molar-refractivity contribution in [3.63, 3.8) is 0 Å². The highest BCUT2D eigenvalue weighted by molar-refractivity contribution is 5.94. The number of amides is 1. The first kappa shape index (κ1) is 17.5. The minimum absolute atomic E-state index is 0.0390. The molecule has 140 valence electrons. The van der Waals surface area contributed by atoms with Crippen LogP contribution in [0.3, 0.4) is 0 Å². The van der Waals surface area contributed by atoms with E-state index in [1.807, 2.05) is 17.7 Å². The number of nitrogens with zero attached hydrogens (tertiary/aromatic N) is 4. The smallest absolute Gasteiger partial charge is 0.338 e. The number of aromatic nitrogens is 3. The van der Waals surface area contributed by atoms with E-state index in [4.69, 9.17) is 0 Å². The van der Waals surface area contributed by atoms with Crippen LogP contribution in [0.5, 0.6) is 0 Å². The lowest BCUT2D eigenvalue weighted by molar-refractivity contribution is -0.137. The number of aryl methyl sites for hydroxylation is 1. The zero-order valence-corrected chi connectivity index (χ0v) is 14.6. The zero-order chi connectivity index (χ0) is 19.2. The van der Waals surface area contributed by atoms with E-state index in [0.717, 1.165) is 35.4 Å². The summed E-state index contributed by atoms with van der Waals surface area (Å²) in [6.45, 7) is 0.918. The van der Waals surface area contributed by atoms with E-state index in [-0.39, 0.29) is 17.4 Å². The molecule has 5 nitrogen and oxygen atoms in total. The van der Waals surface area contributed by atoms with Gasteiger partial charge in [0.1, 0.15) is 5.82 Å². The van der Waals surface area contributed by atoms with Crippen molar-refractivity contribution < 1.29 is 18.0 Å². The maximum atomic E-state index is 12.9. The minimum atomic E-state index is -4.47. The van der Waals surface area contributed by atoms with Crippen LogP contribution in [0, 0.1) is 0 Å². The van der Waals surface area contributed by atoms with E-state index in [1.165, 1.54) is 12.1 Å². The summed E-state index contributed by atoms with van der Waals surface area (Å²) in [7, 11) is 1.91. The summed E-state index contributed by atoms with van der Waals surface area (Å²) in [5.41, 5.74) is 0.993. The van der Waals surface area contributed by atoms with E-state index in [0.29, 0.717) is 13.1 Å². The molecule has 1 aliphatic heterocycles. The third-order valence-electron chi connectivity index (χ3n) is 5.00. The molecule has 0 radical (unpaired) electrons. The fourth-order valence-corrected chi connectivity index (χ4v) is 3.59. The molecule has 0 unspecified atom stereocenters. The third-order valence-corrected chi connectivity index (χ3v) is 5.00. The van der Waals surface area contributed by atoms with Crippen LogP contribution in [0.4, 0.5) is 13.2 Å². The highest BCUT2D eigenvalue weighted by Gasteiger charge is 2.33. The molecule has 0 N–H and O–H groups in total. The van der Waals surface area contributed by atoms with Gasteiger partial charge in [-0.25, -0.2) is 4.98 Å². The second-order valence-corrected chi connectivity index (χ2v) is 6.71. The minimum Gasteiger partial charge on any atom is -0.338 e. The number of hydrogen-bond acceptors (Lipinski definition) is 3. The van der Waals surface area contributed by atoms with Crippen molar-refractivity contribution in [2.75, 3.05) is 13.1 Å². The van der Waals surface area contributed by atoms with Crippen LogP contribution in [0.25, 0.3) is 11.0 Å². The van der Waals surface area contributed by atoms with Gasteiger partial charge in [-0.15, -0.1) is 0 Å². The molecule has 0 aliphatic carbocycles. The van der Waals surface area contributed by atoms with Crippen LogP contribution >= 0.6 is 0 Å². The number of benzene rings is 1. The van der Waals surface area contributed by atoms with Gasteiger partial charge in [0.2, 0.25) is 0 Å². The maximum absolute atomic E-state index is 12.9. The Morgan fingerprint density at radius 2 is 2.07 bits per heavy atom. The van der Waals surface area contributed by atoms with E-state index in [9.17, 15) is 18.0 Å². The van der Waals surface area contributed by atoms with Crippen LogP contribution in [-0.2, 0) is 13.2 Å². The van der Waals surface area contributed by atoms with Crippen LogP contribution < -0.4 is 0 Å². The molecule has 1 fully saturated rings. The summed E-state index contributed by atoms with van der Waals surface area (Å²) in [4.78, 5) is 23.0. The van der Waals surface area contributed by atoms with E-state index in [1.54, 1.807) is 17.3 Å². The average Bonchev–Trinajstić information content (AvgIpc) is 3.26. The Labute approximate surface area is 153 Å². The van der Waals surface area contributed by atoms with Crippen LogP contribution in [0.2, 0.25) is 0 Å². The summed E-state index contributed by atoms with van der Waals surface area (Å²) in [5.74, 6) is 0.513. The van der Waals surface area contributed by atoms with Crippen molar-refractivity contribution in [2.45, 2.75) is 18.5 Å². The Bertz CT molecular complexity index is 1010. The number of carbonyl (C=O) groups excluding carboxylic acids is 1. The predicted molar refractivity (Wildman–Crippen MR) is 93.2 cm³/mol. The van der Waals surface area contributed by atoms with E-state index >= 15 is 0 Å². The average molecular weight is 374 g/mol. The lowest BCUT2D eigenvalue weighted by Gasteiger charge is -2.17. The van der Waals surface area contributed by atoms with Gasteiger partial charge in [0, 0.05) is 37.8 Å². The third kappa shape index (κ3) is 3.15. The highest BCUT2D eigenvalue weighted by atomic mass is 19.4. The van der Waals surface area contributed by atoms with Crippen molar-refractivity contribution >= 4 is 16.9 Å². The molecule has 1 amide bonds. The number of likely N-dealkylation sites (tertiary alicyclic amines) is 1. The Balaban J connectivity index is 1.56. The number of hydrogen-bond donors (Lipinski definition) is 0. The van der Waals surface area contributed by atoms with Crippen LogP contribution in [-0.4, -0.2) is 38.4 Å². The van der Waals surface area contributed by atoms with Gasteiger partial charge in [0.25, 0.3) is 5.91 Å². The summed E-state index contributed by atoms with van der Waals surface area (Å²) in [6.07, 6.45) is -0.330. The second-order valence-electron chi connectivity index (χ2n) is 6.71. The summed E-state index contributed by atoms with van der Waals surface area (Å²) < 4.78 is 40.7. The molecule has 1 aliphatic rings. The van der Waals surface area contributed by atoms with Crippen LogP contribution in [0.1, 0.15) is 34.1 Å². The maximum Gasteiger partial charge on any atom is 0.416 e.